The molecule has 8 heteroatoms. The number of carboxylic acids is 1. The van der Waals surface area contributed by atoms with Crippen LogP contribution >= 0.6 is 31.9 Å². The molecule has 0 aliphatic rings. The van der Waals surface area contributed by atoms with Crippen molar-refractivity contribution in [3.8, 4) is 0 Å². The highest BCUT2D eigenvalue weighted by Crippen LogP contribution is 2.32. The van der Waals surface area contributed by atoms with Crippen molar-refractivity contribution < 1.29 is 19.4 Å². The van der Waals surface area contributed by atoms with Crippen LogP contribution in [0.15, 0.2) is 21.1 Å². The van der Waals surface area contributed by atoms with E-state index in [1.807, 2.05) is 19.1 Å². The van der Waals surface area contributed by atoms with Gasteiger partial charge in [-0.05, 0) is 56.5 Å². The van der Waals surface area contributed by atoms with E-state index in [-0.39, 0.29) is 13.0 Å². The summed E-state index contributed by atoms with van der Waals surface area (Å²) < 4.78 is 6.48. The third kappa shape index (κ3) is 6.03. The zero-order valence-corrected chi connectivity index (χ0v) is 14.7. The number of carbonyl (C=O) groups excluding carboxylic acids is 1. The van der Waals surface area contributed by atoms with Crippen molar-refractivity contribution in [2.24, 2.45) is 0 Å². The summed E-state index contributed by atoms with van der Waals surface area (Å²) in [6.07, 6.45) is -0.743. The van der Waals surface area contributed by atoms with Gasteiger partial charge in [0.25, 0.3) is 0 Å². The molecule has 2 amide bonds. The molecule has 0 bridgehead atoms. The van der Waals surface area contributed by atoms with E-state index >= 15 is 0 Å². The van der Waals surface area contributed by atoms with Crippen molar-refractivity contribution in [2.75, 3.05) is 19.0 Å². The predicted molar refractivity (Wildman–Crippen MR) is 86.7 cm³/mol. The minimum absolute atomic E-state index is 0.107. The predicted octanol–water partition coefficient (Wildman–Crippen LogP) is 3.13. The van der Waals surface area contributed by atoms with E-state index in [2.05, 4.69) is 42.5 Å². The zero-order chi connectivity index (χ0) is 16.0. The van der Waals surface area contributed by atoms with Gasteiger partial charge in [-0.15, -0.1) is 0 Å². The Morgan fingerprint density at radius 1 is 1.33 bits per heavy atom. The molecular weight excluding hydrogens is 408 g/mol. The lowest BCUT2D eigenvalue weighted by Crippen LogP contribution is -2.37. The first kappa shape index (κ1) is 17.9. The summed E-state index contributed by atoms with van der Waals surface area (Å²) in [4.78, 5) is 22.4. The second-order valence-electron chi connectivity index (χ2n) is 4.39. The first-order chi connectivity index (χ1) is 9.83. The molecule has 3 N–H and O–H groups in total. The Hall–Kier alpha value is -1.12. The van der Waals surface area contributed by atoms with Gasteiger partial charge < -0.3 is 20.5 Å². The number of aryl methyl sites for hydroxylation is 1. The number of methoxy groups -OCH3 is 1. The first-order valence-corrected chi connectivity index (χ1v) is 7.67. The van der Waals surface area contributed by atoms with Crippen LogP contribution in [0.1, 0.15) is 12.0 Å². The van der Waals surface area contributed by atoms with Gasteiger partial charge in [0.2, 0.25) is 0 Å². The van der Waals surface area contributed by atoms with Gasteiger partial charge in [0, 0.05) is 22.6 Å². The highest BCUT2D eigenvalue weighted by molar-refractivity contribution is 9.11. The average Bonchev–Trinajstić information content (AvgIpc) is 2.38. The molecule has 0 aliphatic carbocycles. The summed E-state index contributed by atoms with van der Waals surface area (Å²) in [5.74, 6) is -0.979. The van der Waals surface area contributed by atoms with Crippen LogP contribution in [0.3, 0.4) is 0 Å². The number of carbonyl (C=O) groups is 2. The van der Waals surface area contributed by atoms with E-state index in [9.17, 15) is 9.59 Å². The topological polar surface area (TPSA) is 87.7 Å². The molecule has 0 saturated carbocycles. The maximum atomic E-state index is 11.8. The first-order valence-electron chi connectivity index (χ1n) is 6.08. The van der Waals surface area contributed by atoms with Gasteiger partial charge in [-0.1, -0.05) is 0 Å². The molecule has 0 radical (unpaired) electrons. The molecular formula is C13H16Br2N2O4. The third-order valence-corrected chi connectivity index (χ3v) is 3.90. The minimum Gasteiger partial charge on any atom is -0.481 e. The SMILES string of the molecule is COC(CNC(=O)Nc1c(Br)cc(C)cc1Br)CC(=O)O. The van der Waals surface area contributed by atoms with Crippen molar-refractivity contribution in [2.45, 2.75) is 19.4 Å². The Kier molecular flexibility index (Phi) is 7.13. The Bertz CT molecular complexity index is 514. The number of ether oxygens (including phenoxy) is 1. The van der Waals surface area contributed by atoms with Crippen LogP contribution < -0.4 is 10.6 Å². The van der Waals surface area contributed by atoms with E-state index < -0.39 is 18.1 Å². The number of hydrogen-bond donors (Lipinski definition) is 3. The summed E-state index contributed by atoms with van der Waals surface area (Å²) in [5.41, 5.74) is 1.64. The summed E-state index contributed by atoms with van der Waals surface area (Å²) in [5, 5.41) is 14.0. The number of amides is 2. The largest absolute Gasteiger partial charge is 0.481 e. The molecule has 1 aromatic rings. The van der Waals surface area contributed by atoms with E-state index in [0.717, 1.165) is 14.5 Å². The molecule has 1 aromatic carbocycles. The number of nitrogens with one attached hydrogen (secondary N) is 2. The summed E-state index contributed by atoms with van der Waals surface area (Å²) in [6.45, 7) is 2.05. The van der Waals surface area contributed by atoms with Crippen molar-refractivity contribution in [1.82, 2.24) is 5.32 Å². The van der Waals surface area contributed by atoms with Crippen molar-refractivity contribution in [1.29, 1.82) is 0 Å². The Morgan fingerprint density at radius 2 is 1.90 bits per heavy atom. The van der Waals surface area contributed by atoms with Crippen LogP contribution in [0, 0.1) is 6.92 Å². The van der Waals surface area contributed by atoms with Crippen molar-refractivity contribution >= 4 is 49.5 Å². The quantitative estimate of drug-likeness (QED) is 0.655. The number of carboxylic acid groups (broad SMARTS) is 1. The van der Waals surface area contributed by atoms with Crippen LogP contribution in [0.2, 0.25) is 0 Å². The fraction of sp³-hybridized carbons (Fsp3) is 0.385. The van der Waals surface area contributed by atoms with Crippen LogP contribution in [-0.4, -0.2) is 36.9 Å². The Labute approximate surface area is 139 Å². The van der Waals surface area contributed by atoms with Gasteiger partial charge in [-0.2, -0.15) is 0 Å². The van der Waals surface area contributed by atoms with Gasteiger partial charge in [-0.25, -0.2) is 4.79 Å². The molecule has 0 saturated heterocycles. The monoisotopic (exact) mass is 422 g/mol. The van der Waals surface area contributed by atoms with Gasteiger partial charge in [0.15, 0.2) is 0 Å². The number of halogens is 2. The number of urea groups is 1. The van der Waals surface area contributed by atoms with Gasteiger partial charge >= 0.3 is 12.0 Å². The lowest BCUT2D eigenvalue weighted by atomic mass is 10.2. The van der Waals surface area contributed by atoms with Crippen LogP contribution in [0.4, 0.5) is 10.5 Å². The second kappa shape index (κ2) is 8.35. The lowest BCUT2D eigenvalue weighted by Gasteiger charge is -2.15. The van der Waals surface area contributed by atoms with Gasteiger partial charge in [0.05, 0.1) is 18.2 Å². The highest BCUT2D eigenvalue weighted by Gasteiger charge is 2.15. The number of anilines is 1. The Morgan fingerprint density at radius 3 is 2.38 bits per heavy atom. The van der Waals surface area contributed by atoms with E-state index in [4.69, 9.17) is 9.84 Å². The lowest BCUT2D eigenvalue weighted by molar-refractivity contribution is -0.139. The van der Waals surface area contributed by atoms with Gasteiger partial charge in [-0.3, -0.25) is 4.79 Å². The number of hydrogen-bond acceptors (Lipinski definition) is 3. The van der Waals surface area contributed by atoms with E-state index in [0.29, 0.717) is 5.69 Å². The smallest absolute Gasteiger partial charge is 0.319 e. The maximum absolute atomic E-state index is 11.8. The zero-order valence-electron chi connectivity index (χ0n) is 11.6. The fourth-order valence-electron chi connectivity index (χ4n) is 1.62. The molecule has 1 unspecified atom stereocenters. The molecule has 0 aromatic heterocycles. The standard InChI is InChI=1S/C13H16Br2N2O4/c1-7-3-9(14)12(10(15)4-7)17-13(20)16-6-8(21-2)5-11(18)19/h3-4,8H,5-6H2,1-2H3,(H,18,19)(H2,16,17,20). The number of aliphatic carboxylic acids is 1. The second-order valence-corrected chi connectivity index (χ2v) is 6.10. The molecule has 21 heavy (non-hydrogen) atoms. The fourth-order valence-corrected chi connectivity index (χ4v) is 3.23. The normalized spacial score (nSPS) is 11.8. The third-order valence-electron chi connectivity index (χ3n) is 2.65. The van der Waals surface area contributed by atoms with Gasteiger partial charge in [0.1, 0.15) is 0 Å². The molecule has 1 rings (SSSR count). The van der Waals surface area contributed by atoms with E-state index in [1.165, 1.54) is 7.11 Å². The van der Waals surface area contributed by atoms with Crippen LogP contribution in [-0.2, 0) is 9.53 Å². The molecule has 116 valence electrons. The summed E-state index contributed by atoms with van der Waals surface area (Å²) in [7, 11) is 1.40. The molecule has 0 aliphatic heterocycles. The van der Waals surface area contributed by atoms with Crippen molar-refractivity contribution in [3.05, 3.63) is 26.6 Å². The van der Waals surface area contributed by atoms with E-state index in [1.54, 1.807) is 0 Å². The molecule has 0 fully saturated rings. The average molecular weight is 424 g/mol. The van der Waals surface area contributed by atoms with Crippen LogP contribution in [0.25, 0.3) is 0 Å². The molecule has 6 nitrogen and oxygen atoms in total. The summed E-state index contributed by atoms with van der Waals surface area (Å²) in [6, 6.07) is 3.32. The molecule has 0 spiro atoms. The minimum atomic E-state index is -0.979. The molecule has 1 atom stereocenters. The van der Waals surface area contributed by atoms with Crippen molar-refractivity contribution in [3.63, 3.8) is 0 Å². The Balaban J connectivity index is 2.60. The number of rotatable bonds is 6. The molecule has 0 heterocycles. The van der Waals surface area contributed by atoms with Crippen LogP contribution in [0.5, 0.6) is 0 Å². The summed E-state index contributed by atoms with van der Waals surface area (Å²) >= 11 is 6.76. The highest BCUT2D eigenvalue weighted by atomic mass is 79.9. The number of benzene rings is 1. The maximum Gasteiger partial charge on any atom is 0.319 e.